The minimum absolute atomic E-state index is 0.322. The third-order valence-electron chi connectivity index (χ3n) is 5.31. The van der Waals surface area contributed by atoms with E-state index in [1.165, 1.54) is 16.7 Å². The molecule has 0 spiro atoms. The van der Waals surface area contributed by atoms with Crippen molar-refractivity contribution < 1.29 is 4.74 Å². The molecule has 1 aliphatic carbocycles. The van der Waals surface area contributed by atoms with Crippen molar-refractivity contribution >= 4 is 27.1 Å². The largest absolute Gasteiger partial charge is 0.384 e. The Morgan fingerprint density at radius 3 is 2.88 bits per heavy atom. The smallest absolute Gasteiger partial charge is 0.161 e. The van der Waals surface area contributed by atoms with Crippen LogP contribution in [0.15, 0.2) is 28.7 Å². The van der Waals surface area contributed by atoms with Gasteiger partial charge in [-0.25, -0.2) is 9.97 Å². The van der Waals surface area contributed by atoms with Gasteiger partial charge in [0.15, 0.2) is 5.65 Å². The molecule has 0 fully saturated rings. The van der Waals surface area contributed by atoms with Crippen molar-refractivity contribution in [2.75, 3.05) is 13.7 Å². The van der Waals surface area contributed by atoms with Crippen LogP contribution in [0, 0.1) is 6.92 Å². The Kier molecular flexibility index (Phi) is 4.84. The molecule has 5 heteroatoms. The Morgan fingerprint density at radius 1 is 1.27 bits per heavy atom. The van der Waals surface area contributed by atoms with Crippen molar-refractivity contribution in [1.29, 1.82) is 0 Å². The summed E-state index contributed by atoms with van der Waals surface area (Å²) in [7, 11) is 1.73. The second-order valence-electron chi connectivity index (χ2n) is 6.99. The summed E-state index contributed by atoms with van der Waals surface area (Å²) < 4.78 is 8.78. The van der Waals surface area contributed by atoms with Gasteiger partial charge >= 0.3 is 0 Å². The van der Waals surface area contributed by atoms with E-state index >= 15 is 0 Å². The zero-order valence-electron chi connectivity index (χ0n) is 15.6. The summed E-state index contributed by atoms with van der Waals surface area (Å²) in [5, 5.41) is 0. The highest BCUT2D eigenvalue weighted by atomic mass is 79.9. The van der Waals surface area contributed by atoms with Crippen molar-refractivity contribution in [3.8, 4) is 0 Å². The monoisotopic (exact) mass is 413 g/mol. The quantitative estimate of drug-likeness (QED) is 0.603. The molecule has 0 saturated heterocycles. The van der Waals surface area contributed by atoms with Gasteiger partial charge < -0.3 is 9.30 Å². The molecule has 4 nitrogen and oxygen atoms in total. The lowest BCUT2D eigenvalue weighted by atomic mass is 10.1. The van der Waals surface area contributed by atoms with E-state index in [4.69, 9.17) is 14.7 Å². The average molecular weight is 414 g/mol. The van der Waals surface area contributed by atoms with Crippen LogP contribution in [0.4, 0.5) is 0 Å². The number of halogens is 1. The number of hydrogen-bond acceptors (Lipinski definition) is 3. The van der Waals surface area contributed by atoms with Crippen LogP contribution in [-0.2, 0) is 24.0 Å². The molecule has 136 valence electrons. The molecular weight excluding hydrogens is 390 g/mol. The molecule has 2 aromatic heterocycles. The number of ether oxygens (including phenoxy) is 1. The molecule has 0 amide bonds. The van der Waals surface area contributed by atoms with Gasteiger partial charge in [-0.1, -0.05) is 28.9 Å². The van der Waals surface area contributed by atoms with Crippen LogP contribution in [-0.4, -0.2) is 28.3 Å². The molecular formula is C21H24BrN3O. The van der Waals surface area contributed by atoms with Crippen LogP contribution < -0.4 is 0 Å². The first kappa shape index (κ1) is 17.7. The maximum Gasteiger partial charge on any atom is 0.161 e. The van der Waals surface area contributed by atoms with Crippen LogP contribution >= 0.6 is 15.9 Å². The van der Waals surface area contributed by atoms with E-state index in [1.807, 2.05) is 0 Å². The molecule has 0 bridgehead atoms. The van der Waals surface area contributed by atoms with Crippen LogP contribution in [0.1, 0.15) is 47.6 Å². The first-order valence-electron chi connectivity index (χ1n) is 9.27. The van der Waals surface area contributed by atoms with E-state index in [9.17, 15) is 0 Å². The van der Waals surface area contributed by atoms with Gasteiger partial charge in [0, 0.05) is 30.1 Å². The van der Waals surface area contributed by atoms with Crippen LogP contribution in [0.2, 0.25) is 0 Å². The van der Waals surface area contributed by atoms with Crippen LogP contribution in [0.3, 0.4) is 0 Å². The summed E-state index contributed by atoms with van der Waals surface area (Å²) >= 11 is 3.60. The molecule has 3 aromatic rings. The predicted octanol–water partition coefficient (Wildman–Crippen LogP) is 4.79. The van der Waals surface area contributed by atoms with Gasteiger partial charge in [-0.15, -0.1) is 0 Å². The van der Waals surface area contributed by atoms with Crippen molar-refractivity contribution in [2.24, 2.45) is 0 Å². The lowest BCUT2D eigenvalue weighted by Gasteiger charge is -2.17. The molecule has 0 saturated carbocycles. The number of hydrogen-bond donors (Lipinski definition) is 0. The summed E-state index contributed by atoms with van der Waals surface area (Å²) in [5.41, 5.74) is 7.17. The van der Waals surface area contributed by atoms with E-state index in [0.717, 1.165) is 52.8 Å². The Balaban J connectivity index is 1.88. The normalized spacial score (nSPS) is 16.4. The van der Waals surface area contributed by atoms with Gasteiger partial charge in [0.05, 0.1) is 12.6 Å². The average Bonchev–Trinajstić information content (AvgIpc) is 3.20. The first-order chi connectivity index (χ1) is 12.6. The Bertz CT molecular complexity index is 964. The SMILES string of the molecule is CCc1nc2c(C)cc(CCOC)nc2n1[C@H]1CCc2cc(Br)ccc21. The molecule has 26 heavy (non-hydrogen) atoms. The molecule has 1 aromatic carbocycles. The lowest BCUT2D eigenvalue weighted by molar-refractivity contribution is 0.201. The third kappa shape index (κ3) is 2.97. The first-order valence-corrected chi connectivity index (χ1v) is 10.1. The van der Waals surface area contributed by atoms with Crippen molar-refractivity contribution in [3.63, 3.8) is 0 Å². The topological polar surface area (TPSA) is 39.9 Å². The van der Waals surface area contributed by atoms with Gasteiger partial charge in [-0.05, 0) is 54.7 Å². The maximum absolute atomic E-state index is 5.24. The standard InChI is InChI=1S/C21H24BrN3O/c1-4-19-24-20-13(2)11-16(9-10-26-3)23-21(20)25(19)18-8-5-14-12-15(22)6-7-17(14)18/h6-7,11-12,18H,4-5,8-10H2,1-3H3/t18-/m0/s1. The molecule has 4 rings (SSSR count). The molecule has 0 radical (unpaired) electrons. The second-order valence-corrected chi connectivity index (χ2v) is 7.91. The Labute approximate surface area is 162 Å². The van der Waals surface area contributed by atoms with Crippen molar-refractivity contribution in [3.05, 3.63) is 56.9 Å². The van der Waals surface area contributed by atoms with Crippen molar-refractivity contribution in [2.45, 2.75) is 45.6 Å². The number of methoxy groups -OCH3 is 1. The summed E-state index contributed by atoms with van der Waals surface area (Å²) in [5.74, 6) is 1.13. The minimum Gasteiger partial charge on any atom is -0.384 e. The number of aryl methyl sites for hydroxylation is 3. The molecule has 1 atom stereocenters. The van der Waals surface area contributed by atoms with E-state index in [-0.39, 0.29) is 0 Å². The highest BCUT2D eigenvalue weighted by Gasteiger charge is 2.28. The van der Waals surface area contributed by atoms with Gasteiger partial charge in [0.1, 0.15) is 11.3 Å². The van der Waals surface area contributed by atoms with E-state index in [1.54, 1.807) is 7.11 Å². The van der Waals surface area contributed by atoms with Gasteiger partial charge in [-0.2, -0.15) is 0 Å². The zero-order valence-corrected chi connectivity index (χ0v) is 17.1. The fourth-order valence-corrected chi connectivity index (χ4v) is 4.48. The number of nitrogens with zero attached hydrogens (tertiary/aromatic N) is 3. The number of benzene rings is 1. The summed E-state index contributed by atoms with van der Waals surface area (Å²) in [6.45, 7) is 5.00. The Hall–Kier alpha value is -1.72. The van der Waals surface area contributed by atoms with E-state index < -0.39 is 0 Å². The van der Waals surface area contributed by atoms with E-state index in [0.29, 0.717) is 12.6 Å². The van der Waals surface area contributed by atoms with Gasteiger partial charge in [0.2, 0.25) is 0 Å². The Morgan fingerprint density at radius 2 is 2.12 bits per heavy atom. The van der Waals surface area contributed by atoms with Crippen LogP contribution in [0.25, 0.3) is 11.2 Å². The lowest BCUT2D eigenvalue weighted by Crippen LogP contribution is -2.12. The minimum atomic E-state index is 0.322. The number of pyridine rings is 1. The summed E-state index contributed by atoms with van der Waals surface area (Å²) in [4.78, 5) is 9.94. The van der Waals surface area contributed by atoms with Gasteiger partial charge in [-0.3, -0.25) is 0 Å². The highest BCUT2D eigenvalue weighted by molar-refractivity contribution is 9.10. The maximum atomic E-state index is 5.24. The second kappa shape index (κ2) is 7.12. The van der Waals surface area contributed by atoms with Gasteiger partial charge in [0.25, 0.3) is 0 Å². The molecule has 0 aliphatic heterocycles. The number of aromatic nitrogens is 3. The molecule has 0 unspecified atom stereocenters. The third-order valence-corrected chi connectivity index (χ3v) is 5.80. The molecule has 1 aliphatic rings. The van der Waals surface area contributed by atoms with Crippen LogP contribution in [0.5, 0.6) is 0 Å². The number of rotatable bonds is 5. The zero-order chi connectivity index (χ0) is 18.3. The van der Waals surface area contributed by atoms with E-state index in [2.05, 4.69) is 58.6 Å². The molecule has 0 N–H and O–H groups in total. The fraction of sp³-hybridized carbons (Fsp3) is 0.429. The summed E-state index contributed by atoms with van der Waals surface area (Å²) in [6.07, 6.45) is 3.94. The number of fused-ring (bicyclic) bond motifs is 2. The summed E-state index contributed by atoms with van der Waals surface area (Å²) in [6, 6.07) is 9.12. The molecule has 2 heterocycles. The number of imidazole rings is 1. The highest BCUT2D eigenvalue weighted by Crippen LogP contribution is 2.38. The van der Waals surface area contributed by atoms with Crippen molar-refractivity contribution in [1.82, 2.24) is 14.5 Å². The fourth-order valence-electron chi connectivity index (χ4n) is 4.07. The predicted molar refractivity (Wildman–Crippen MR) is 108 cm³/mol.